The quantitative estimate of drug-likeness (QED) is 0.0110. The standard InChI is InChI=1S/C30H42O6.3C29H40O6/c1-18-14-21(16-23(27(18)33)29(4,5)6)10-12-25(31)35-20(3)36-26(32)13-11-22-15-19(2)28(34)24(17-22)30(7,8)9;3*1-18-13-20(15-22(26(18)32)28(3,4)5)9-11-24(30)34-17-35-25(31)12-10-21-14-19(2)27(33)23(16-21)29(6,7)8/h14-17,20,33-34H,10-13H2,1-9H3;3*13-16,32-33H,9-12,17H2,1-8H3. The van der Waals surface area contributed by atoms with E-state index in [0.29, 0.717) is 51.4 Å². The number of hydrogen-bond donors (Lipinski definition) is 8. The Morgan fingerprint density at radius 3 is 0.411 bits per heavy atom. The molecule has 0 aliphatic heterocycles. The number of benzene rings is 8. The van der Waals surface area contributed by atoms with Gasteiger partial charge in [-0.05, 0) is 284 Å². The predicted molar refractivity (Wildman–Crippen MR) is 552 cm³/mol. The largest absolute Gasteiger partial charge is 0.507 e. The van der Waals surface area contributed by atoms with Gasteiger partial charge in [-0.1, -0.05) is 263 Å². The molecule has 0 radical (unpaired) electrons. The van der Waals surface area contributed by atoms with Crippen molar-refractivity contribution in [3.8, 4) is 46.0 Å². The van der Waals surface area contributed by atoms with E-state index in [9.17, 15) is 79.2 Å². The van der Waals surface area contributed by atoms with Crippen LogP contribution in [0.25, 0.3) is 0 Å². The lowest BCUT2D eigenvalue weighted by atomic mass is 9.83. The Kier molecular flexibility index (Phi) is 42.8. The maximum absolute atomic E-state index is 12.3. The van der Waals surface area contributed by atoms with Gasteiger partial charge in [-0.25, -0.2) is 0 Å². The molecule has 8 aromatic rings. The number of carbonyl (C=O) groups excluding carboxylic acids is 8. The van der Waals surface area contributed by atoms with Gasteiger partial charge >= 0.3 is 47.8 Å². The minimum absolute atomic E-state index is 0.137. The Morgan fingerprint density at radius 2 is 0.305 bits per heavy atom. The summed E-state index contributed by atoms with van der Waals surface area (Å²) in [5.74, 6) is -1.36. The number of esters is 8. The molecule has 0 spiro atoms. The SMILES string of the molecule is Cc1cc(CCC(=O)OC(C)OC(=O)CCc2cc(C)c(O)c(C(C)(C)C)c2)cc(C(C)(C)C)c1O.Cc1cc(CCC(=O)OCOC(=O)CCc2cc(C)c(O)c(C(C)(C)C)c2)cc(C(C)(C)C)c1O.Cc1cc(CCC(=O)OCOC(=O)CCc2cc(C)c(O)c(C(C)(C)C)c2)cc(C(C)(C)C)c1O.Cc1cc(CCC(=O)OCOC(=O)CCc2cc(C)c(O)c(C(C)(C)C)c2)cc(C(C)(C)C)c1O. The summed E-state index contributed by atoms with van der Waals surface area (Å²) in [7, 11) is 0. The molecule has 0 aromatic heterocycles. The van der Waals surface area contributed by atoms with Crippen LogP contribution in [0.4, 0.5) is 0 Å². The van der Waals surface area contributed by atoms with Gasteiger partial charge < -0.3 is 78.7 Å². The van der Waals surface area contributed by atoms with Crippen molar-refractivity contribution in [2.45, 2.75) is 381 Å². The second-order valence-corrected chi connectivity index (χ2v) is 45.5. The topological polar surface area (TPSA) is 372 Å². The van der Waals surface area contributed by atoms with Gasteiger partial charge in [-0.2, -0.15) is 0 Å². The Labute approximate surface area is 838 Å². The number of aromatic hydroxyl groups is 8. The van der Waals surface area contributed by atoms with E-state index in [4.69, 9.17) is 37.9 Å². The van der Waals surface area contributed by atoms with Crippen LogP contribution in [-0.2, 0) is 171 Å². The van der Waals surface area contributed by atoms with E-state index in [-0.39, 0.29) is 141 Å². The van der Waals surface area contributed by atoms with E-state index in [1.165, 1.54) is 6.92 Å². The third kappa shape index (κ3) is 38.4. The van der Waals surface area contributed by atoms with Crippen molar-refractivity contribution in [1.29, 1.82) is 0 Å². The van der Waals surface area contributed by atoms with E-state index < -0.39 is 74.4 Å². The first kappa shape index (κ1) is 119. The van der Waals surface area contributed by atoms with Gasteiger partial charge in [0.1, 0.15) is 46.0 Å². The summed E-state index contributed by atoms with van der Waals surface area (Å²) in [6.45, 7) is 63.7. The summed E-state index contributed by atoms with van der Waals surface area (Å²) in [6.07, 6.45) is 3.88. The third-order valence-corrected chi connectivity index (χ3v) is 24.2. The fraction of sp³-hybridized carbons (Fsp3) is 0.521. The van der Waals surface area contributed by atoms with Crippen molar-refractivity contribution in [1.82, 2.24) is 0 Å². The van der Waals surface area contributed by atoms with Crippen LogP contribution in [-0.4, -0.2) is 115 Å². The van der Waals surface area contributed by atoms with Crippen LogP contribution in [0, 0.1) is 55.4 Å². The number of rotatable bonds is 32. The number of carbonyl (C=O) groups is 8. The van der Waals surface area contributed by atoms with Crippen LogP contribution in [0.3, 0.4) is 0 Å². The average molecular weight is 1950 g/mol. The van der Waals surface area contributed by atoms with Gasteiger partial charge in [0.05, 0.1) is 0 Å². The van der Waals surface area contributed by atoms with Crippen LogP contribution in [0.5, 0.6) is 46.0 Å². The molecule has 0 aliphatic carbocycles. The number of hydrogen-bond acceptors (Lipinski definition) is 24. The first-order valence-corrected chi connectivity index (χ1v) is 48.7. The summed E-state index contributed by atoms with van der Waals surface area (Å²) in [6, 6.07) is 30.3. The molecule has 24 nitrogen and oxygen atoms in total. The number of aryl methyl sites for hydroxylation is 16. The monoisotopic (exact) mass is 1950 g/mol. The zero-order valence-corrected chi connectivity index (χ0v) is 90.4. The Balaban J connectivity index is 0.000000331. The van der Waals surface area contributed by atoms with Crippen molar-refractivity contribution in [3.63, 3.8) is 0 Å². The highest BCUT2D eigenvalue weighted by atomic mass is 16.7. The van der Waals surface area contributed by atoms with Gasteiger partial charge in [0.2, 0.25) is 26.7 Å². The minimum Gasteiger partial charge on any atom is -0.507 e. The number of ether oxygens (including phenoxy) is 8. The second-order valence-electron chi connectivity index (χ2n) is 45.5. The minimum atomic E-state index is -0.983. The van der Waals surface area contributed by atoms with Crippen molar-refractivity contribution in [3.05, 3.63) is 231 Å². The molecule has 141 heavy (non-hydrogen) atoms. The Bertz CT molecular complexity index is 4950. The normalized spacial score (nSPS) is 11.9. The van der Waals surface area contributed by atoms with Crippen LogP contribution in [0.1, 0.15) is 358 Å². The second kappa shape index (κ2) is 50.5. The first-order chi connectivity index (χ1) is 64.8. The molecule has 8 rings (SSSR count). The van der Waals surface area contributed by atoms with Crippen LogP contribution >= 0.6 is 0 Å². The highest BCUT2D eigenvalue weighted by Crippen LogP contribution is 2.43. The molecule has 0 saturated heterocycles. The molecular formula is C117H162O24. The number of phenolic OH excluding ortho intramolecular Hbond substituents is 8. The summed E-state index contributed by atoms with van der Waals surface area (Å²) < 4.78 is 41.0. The van der Waals surface area contributed by atoms with Crippen molar-refractivity contribution in [2.75, 3.05) is 20.4 Å². The average Bonchev–Trinajstić information content (AvgIpc) is 0.845. The Hall–Kier alpha value is -12.1. The fourth-order valence-corrected chi connectivity index (χ4v) is 16.0. The van der Waals surface area contributed by atoms with Crippen LogP contribution in [0.2, 0.25) is 0 Å². The predicted octanol–water partition coefficient (Wildman–Crippen LogP) is 24.1. The molecule has 8 N–H and O–H groups in total. The molecule has 0 amide bonds. The van der Waals surface area contributed by atoms with E-state index in [2.05, 4.69) is 0 Å². The lowest BCUT2D eigenvalue weighted by Gasteiger charge is -2.23. The molecule has 774 valence electrons. The summed E-state index contributed by atoms with van der Waals surface area (Å²) >= 11 is 0. The lowest BCUT2D eigenvalue weighted by molar-refractivity contribution is -0.184. The molecule has 0 aliphatic rings. The summed E-state index contributed by atoms with van der Waals surface area (Å²) in [5.41, 5.74) is 18.7. The number of phenols is 8. The molecule has 0 atom stereocenters. The molecule has 0 heterocycles. The molecule has 0 bridgehead atoms. The molecule has 0 saturated carbocycles. The van der Waals surface area contributed by atoms with Gasteiger partial charge in [0.15, 0.2) is 0 Å². The molecule has 8 aromatic carbocycles. The zero-order valence-electron chi connectivity index (χ0n) is 90.4. The highest BCUT2D eigenvalue weighted by molar-refractivity contribution is 5.75. The van der Waals surface area contributed by atoms with Gasteiger partial charge in [0.25, 0.3) is 0 Å². The van der Waals surface area contributed by atoms with Crippen molar-refractivity contribution < 1.29 is 117 Å². The summed E-state index contributed by atoms with van der Waals surface area (Å²) in [4.78, 5) is 97.4. The van der Waals surface area contributed by atoms with Crippen LogP contribution < -0.4 is 0 Å². The van der Waals surface area contributed by atoms with E-state index in [1.807, 2.05) is 319 Å². The van der Waals surface area contributed by atoms with Gasteiger partial charge in [0, 0.05) is 58.3 Å². The van der Waals surface area contributed by atoms with Gasteiger partial charge in [-0.3, -0.25) is 38.4 Å². The summed E-state index contributed by atoms with van der Waals surface area (Å²) in [5, 5.41) is 82.8. The van der Waals surface area contributed by atoms with Crippen LogP contribution in [0.15, 0.2) is 97.1 Å². The van der Waals surface area contributed by atoms with E-state index >= 15 is 0 Å². The first-order valence-electron chi connectivity index (χ1n) is 48.7. The van der Waals surface area contributed by atoms with Crippen molar-refractivity contribution >= 4 is 47.8 Å². The zero-order chi connectivity index (χ0) is 107. The molecule has 0 unspecified atom stereocenters. The van der Waals surface area contributed by atoms with Crippen molar-refractivity contribution in [2.24, 2.45) is 0 Å². The fourth-order valence-electron chi connectivity index (χ4n) is 16.0. The van der Waals surface area contributed by atoms with Gasteiger partial charge in [-0.15, -0.1) is 0 Å². The molecule has 0 fully saturated rings. The lowest BCUT2D eigenvalue weighted by Crippen LogP contribution is -2.22. The highest BCUT2D eigenvalue weighted by Gasteiger charge is 2.30. The smallest absolute Gasteiger partial charge is 0.309 e. The maximum Gasteiger partial charge on any atom is 0.309 e. The third-order valence-electron chi connectivity index (χ3n) is 24.2. The Morgan fingerprint density at radius 1 is 0.199 bits per heavy atom. The molecule has 24 heteroatoms. The van der Waals surface area contributed by atoms with E-state index in [0.717, 1.165) is 134 Å². The molecular weight excluding hydrogens is 1790 g/mol. The van der Waals surface area contributed by atoms with E-state index in [1.54, 1.807) is 0 Å². The maximum atomic E-state index is 12.3.